The second-order valence-electron chi connectivity index (χ2n) is 9.43. The van der Waals surface area contributed by atoms with E-state index in [1.165, 1.54) is 24.1 Å². The van der Waals surface area contributed by atoms with Gasteiger partial charge in [0.25, 0.3) is 11.7 Å². The summed E-state index contributed by atoms with van der Waals surface area (Å²) in [7, 11) is 3.40. The van der Waals surface area contributed by atoms with Crippen molar-refractivity contribution in [2.45, 2.75) is 26.4 Å². The second kappa shape index (κ2) is 9.24. The number of nitrogens with zero attached hydrogens (tertiary/aromatic N) is 2. The predicted molar refractivity (Wildman–Crippen MR) is 140 cm³/mol. The van der Waals surface area contributed by atoms with Gasteiger partial charge in [-0.15, -0.1) is 0 Å². The number of para-hydroxylation sites is 1. The number of methoxy groups -OCH3 is 1. The molecule has 3 aromatic carbocycles. The molecule has 1 unspecified atom stereocenters. The Morgan fingerprint density at radius 3 is 2.46 bits per heavy atom. The monoisotopic (exact) mass is 498 g/mol. The summed E-state index contributed by atoms with van der Waals surface area (Å²) in [6, 6.07) is 16.3. The van der Waals surface area contributed by atoms with Gasteiger partial charge in [-0.1, -0.05) is 36.4 Å². The minimum absolute atomic E-state index is 0.00763. The van der Waals surface area contributed by atoms with Gasteiger partial charge in [-0.3, -0.25) is 9.59 Å². The molecular weight excluding hydrogens is 471 g/mol. The van der Waals surface area contributed by atoms with E-state index in [1.807, 2.05) is 62.0 Å². The molecular formula is C30H27FN2O4. The first-order valence-electron chi connectivity index (χ1n) is 11.9. The van der Waals surface area contributed by atoms with E-state index < -0.39 is 23.5 Å². The van der Waals surface area contributed by atoms with Gasteiger partial charge in [-0.25, -0.2) is 4.39 Å². The minimum Gasteiger partial charge on any atom is -0.507 e. The molecule has 1 aliphatic rings. The summed E-state index contributed by atoms with van der Waals surface area (Å²) in [4.78, 5) is 28.5. The lowest BCUT2D eigenvalue weighted by molar-refractivity contribution is -0.140. The highest BCUT2D eigenvalue weighted by Crippen LogP contribution is 2.44. The van der Waals surface area contributed by atoms with Gasteiger partial charge in [0.2, 0.25) is 0 Å². The molecule has 37 heavy (non-hydrogen) atoms. The van der Waals surface area contributed by atoms with Gasteiger partial charge in [0.05, 0.1) is 24.3 Å². The molecule has 5 rings (SSSR count). The summed E-state index contributed by atoms with van der Waals surface area (Å²) in [6.07, 6.45) is 1.88. The van der Waals surface area contributed by atoms with Crippen molar-refractivity contribution >= 4 is 28.4 Å². The van der Waals surface area contributed by atoms with Crippen LogP contribution < -0.4 is 4.74 Å². The number of aromatic nitrogens is 1. The lowest BCUT2D eigenvalue weighted by Crippen LogP contribution is -2.29. The Hall–Kier alpha value is -4.39. The van der Waals surface area contributed by atoms with Crippen molar-refractivity contribution in [1.82, 2.24) is 9.47 Å². The lowest BCUT2D eigenvalue weighted by Gasteiger charge is -2.25. The summed E-state index contributed by atoms with van der Waals surface area (Å²) in [6.45, 7) is 3.82. The van der Waals surface area contributed by atoms with Crippen LogP contribution in [0.1, 0.15) is 33.9 Å². The van der Waals surface area contributed by atoms with Gasteiger partial charge in [0.15, 0.2) is 0 Å². The van der Waals surface area contributed by atoms with Crippen molar-refractivity contribution in [3.05, 3.63) is 106 Å². The fourth-order valence-electron chi connectivity index (χ4n) is 5.29. The van der Waals surface area contributed by atoms with Gasteiger partial charge >= 0.3 is 0 Å². The van der Waals surface area contributed by atoms with Crippen LogP contribution in [-0.2, 0) is 23.2 Å². The number of amides is 1. The van der Waals surface area contributed by atoms with E-state index in [0.29, 0.717) is 22.4 Å². The average Bonchev–Trinajstić information content (AvgIpc) is 3.33. The highest BCUT2D eigenvalue weighted by atomic mass is 19.1. The maximum Gasteiger partial charge on any atom is 0.295 e. The van der Waals surface area contributed by atoms with Crippen LogP contribution in [-0.4, -0.2) is 33.4 Å². The number of aliphatic hydroxyl groups is 1. The van der Waals surface area contributed by atoms with Crippen LogP contribution in [0.4, 0.5) is 4.39 Å². The van der Waals surface area contributed by atoms with Gasteiger partial charge in [-0.2, -0.15) is 0 Å². The molecule has 1 fully saturated rings. The van der Waals surface area contributed by atoms with Crippen molar-refractivity contribution < 1.29 is 23.8 Å². The third-order valence-corrected chi connectivity index (χ3v) is 6.91. The molecule has 0 spiro atoms. The molecule has 0 aliphatic carbocycles. The molecule has 6 nitrogen and oxygen atoms in total. The third kappa shape index (κ3) is 4.06. The van der Waals surface area contributed by atoms with Crippen LogP contribution in [0, 0.1) is 19.7 Å². The molecule has 1 saturated heterocycles. The number of aryl methyl sites for hydroxylation is 3. The zero-order valence-corrected chi connectivity index (χ0v) is 21.1. The molecule has 1 amide bonds. The number of carbonyl (C=O) groups excluding carboxylic acids is 2. The average molecular weight is 499 g/mol. The Balaban J connectivity index is 1.77. The highest BCUT2D eigenvalue weighted by molar-refractivity contribution is 6.46. The van der Waals surface area contributed by atoms with Crippen LogP contribution in [0.2, 0.25) is 0 Å². The molecule has 2 heterocycles. The quantitative estimate of drug-likeness (QED) is 0.222. The first-order chi connectivity index (χ1) is 17.7. The Kier molecular flexibility index (Phi) is 6.07. The maximum absolute atomic E-state index is 13.6. The normalized spacial score (nSPS) is 17.1. The number of fused-ring (bicyclic) bond motifs is 1. The highest BCUT2D eigenvalue weighted by Gasteiger charge is 2.47. The van der Waals surface area contributed by atoms with Crippen LogP contribution in [0.5, 0.6) is 5.75 Å². The number of hydrogen-bond acceptors (Lipinski definition) is 4. The van der Waals surface area contributed by atoms with E-state index in [0.717, 1.165) is 22.0 Å². The second-order valence-corrected chi connectivity index (χ2v) is 9.43. The van der Waals surface area contributed by atoms with Gasteiger partial charge < -0.3 is 19.3 Å². The fraction of sp³-hybridized carbons (Fsp3) is 0.200. The molecule has 4 aromatic rings. The van der Waals surface area contributed by atoms with Crippen molar-refractivity contribution in [3.8, 4) is 5.75 Å². The van der Waals surface area contributed by atoms with Gasteiger partial charge in [-0.05, 0) is 54.8 Å². The molecule has 1 N–H and O–H groups in total. The van der Waals surface area contributed by atoms with E-state index in [-0.39, 0.29) is 17.9 Å². The fourth-order valence-corrected chi connectivity index (χ4v) is 5.29. The standard InChI is InChI=1S/C30H27FN2O4/c1-17-13-18(2)29(37-4)22(14-17)27(34)25-26(23-16-32(3)24-8-6-5-7-21(23)24)33(30(36)28(25)35)15-19-9-11-20(31)12-10-19/h5-14,16,26,34H,15H2,1-4H3/b27-25+. The number of rotatable bonds is 5. The van der Waals surface area contributed by atoms with E-state index in [1.54, 1.807) is 18.2 Å². The van der Waals surface area contributed by atoms with Crippen LogP contribution in [0.15, 0.2) is 72.4 Å². The topological polar surface area (TPSA) is 71.8 Å². The summed E-state index contributed by atoms with van der Waals surface area (Å²) in [5.41, 5.74) is 4.32. The summed E-state index contributed by atoms with van der Waals surface area (Å²) < 4.78 is 21.1. The molecule has 188 valence electrons. The first kappa shape index (κ1) is 24.3. The number of halogens is 1. The molecule has 0 radical (unpaired) electrons. The van der Waals surface area contributed by atoms with Crippen molar-refractivity contribution in [3.63, 3.8) is 0 Å². The van der Waals surface area contributed by atoms with Crippen molar-refractivity contribution in [1.29, 1.82) is 0 Å². The summed E-state index contributed by atoms with van der Waals surface area (Å²) in [5, 5.41) is 12.5. The minimum atomic E-state index is -0.860. The number of hydrogen-bond donors (Lipinski definition) is 1. The van der Waals surface area contributed by atoms with Gasteiger partial charge in [0.1, 0.15) is 17.3 Å². The van der Waals surface area contributed by atoms with Gasteiger partial charge in [0, 0.05) is 36.3 Å². The molecule has 1 aromatic heterocycles. The Bertz CT molecular complexity index is 1580. The molecule has 7 heteroatoms. The third-order valence-electron chi connectivity index (χ3n) is 6.91. The maximum atomic E-state index is 13.6. The smallest absolute Gasteiger partial charge is 0.295 e. The molecule has 1 atom stereocenters. The molecule has 0 saturated carbocycles. The largest absolute Gasteiger partial charge is 0.507 e. The van der Waals surface area contributed by atoms with Crippen LogP contribution >= 0.6 is 0 Å². The van der Waals surface area contributed by atoms with Crippen LogP contribution in [0.3, 0.4) is 0 Å². The number of likely N-dealkylation sites (tertiary alicyclic amines) is 1. The number of carbonyl (C=O) groups is 2. The zero-order valence-electron chi connectivity index (χ0n) is 21.1. The molecule has 1 aliphatic heterocycles. The Morgan fingerprint density at radius 1 is 1.05 bits per heavy atom. The number of ether oxygens (including phenoxy) is 1. The van der Waals surface area contributed by atoms with E-state index in [4.69, 9.17) is 4.74 Å². The van der Waals surface area contributed by atoms with Crippen LogP contribution in [0.25, 0.3) is 16.7 Å². The van der Waals surface area contributed by atoms with Crippen molar-refractivity contribution in [2.75, 3.05) is 7.11 Å². The number of Topliss-reactive ketones (excluding diaryl/α,β-unsaturated/α-hetero) is 1. The SMILES string of the molecule is COc1c(C)cc(C)cc1/C(O)=C1\C(=O)C(=O)N(Cc2ccc(F)cc2)C1c1cn(C)c2ccccc12. The Morgan fingerprint density at radius 2 is 1.76 bits per heavy atom. The van der Waals surface area contributed by atoms with E-state index >= 15 is 0 Å². The van der Waals surface area contributed by atoms with Crippen molar-refractivity contribution in [2.24, 2.45) is 7.05 Å². The lowest BCUT2D eigenvalue weighted by atomic mass is 9.93. The zero-order chi connectivity index (χ0) is 26.4. The summed E-state index contributed by atoms with van der Waals surface area (Å²) >= 11 is 0. The predicted octanol–water partition coefficient (Wildman–Crippen LogP) is 5.56. The number of aliphatic hydroxyl groups excluding tert-OH is 1. The Labute approximate surface area is 214 Å². The number of benzene rings is 3. The summed E-state index contributed by atoms with van der Waals surface area (Å²) in [5.74, 6) is -1.75. The molecule has 0 bridgehead atoms. The van der Waals surface area contributed by atoms with E-state index in [9.17, 15) is 19.1 Å². The first-order valence-corrected chi connectivity index (χ1v) is 11.9. The van der Waals surface area contributed by atoms with E-state index in [2.05, 4.69) is 0 Å². The number of ketones is 1.